The number of rotatable bonds is 5. The van der Waals surface area contributed by atoms with Crippen LogP contribution in [0.15, 0.2) is 59.5 Å². The van der Waals surface area contributed by atoms with Crippen LogP contribution in [0.4, 0.5) is 0 Å². The van der Waals surface area contributed by atoms with Gasteiger partial charge >= 0.3 is 0 Å². The number of benzene rings is 1. The van der Waals surface area contributed by atoms with E-state index in [9.17, 15) is 14.7 Å². The molecule has 0 aliphatic heterocycles. The molecule has 0 unspecified atom stereocenters. The van der Waals surface area contributed by atoms with Gasteiger partial charge in [-0.2, -0.15) is 0 Å². The monoisotopic (exact) mass is 339 g/mol. The fourth-order valence-electron chi connectivity index (χ4n) is 2.53. The van der Waals surface area contributed by atoms with Crippen LogP contribution in [0.3, 0.4) is 0 Å². The number of aromatic hydroxyl groups is 1. The molecule has 5 heteroatoms. The first-order chi connectivity index (χ1) is 11.5. The molecule has 0 amide bonds. The number of pyridine rings is 1. The van der Waals surface area contributed by atoms with Crippen LogP contribution in [0.2, 0.25) is 0 Å². The number of thiophene rings is 1. The van der Waals surface area contributed by atoms with E-state index in [1.54, 1.807) is 0 Å². The van der Waals surface area contributed by atoms with Gasteiger partial charge in [0.05, 0.1) is 4.88 Å². The zero-order valence-corrected chi connectivity index (χ0v) is 14.0. The summed E-state index contributed by atoms with van der Waals surface area (Å²) in [5.41, 5.74) is 1.68. The van der Waals surface area contributed by atoms with Crippen molar-refractivity contribution in [3.8, 4) is 10.8 Å². The standard InChI is InChI=1S/C19H17NO3S/c1-13-11-18(20-10-9-15(21)12-17(20)23)24-19(13)16(22)8-7-14-5-3-2-4-6-14/h2-6,9-12,21H,7-8H2,1H3. The van der Waals surface area contributed by atoms with Crippen molar-refractivity contribution >= 4 is 17.1 Å². The molecule has 24 heavy (non-hydrogen) atoms. The molecule has 4 nitrogen and oxygen atoms in total. The van der Waals surface area contributed by atoms with Gasteiger partial charge in [-0.3, -0.25) is 14.2 Å². The van der Waals surface area contributed by atoms with Gasteiger partial charge in [0.2, 0.25) is 0 Å². The lowest BCUT2D eigenvalue weighted by molar-refractivity contribution is 0.0986. The number of carbonyl (C=O) groups excluding carboxylic acids is 1. The van der Waals surface area contributed by atoms with Crippen molar-refractivity contribution in [2.24, 2.45) is 0 Å². The maximum atomic E-state index is 12.5. The average Bonchev–Trinajstić information content (AvgIpc) is 2.95. The normalized spacial score (nSPS) is 10.7. The van der Waals surface area contributed by atoms with Crippen molar-refractivity contribution < 1.29 is 9.90 Å². The Morgan fingerprint density at radius 2 is 1.92 bits per heavy atom. The summed E-state index contributed by atoms with van der Waals surface area (Å²) in [5.74, 6) is 0.0168. The highest BCUT2D eigenvalue weighted by Gasteiger charge is 2.15. The second-order valence-corrected chi connectivity index (χ2v) is 6.63. The number of carbonyl (C=O) groups is 1. The molecule has 0 fully saturated rings. The van der Waals surface area contributed by atoms with Gasteiger partial charge in [0.1, 0.15) is 10.8 Å². The maximum absolute atomic E-state index is 12.5. The molecule has 0 spiro atoms. The number of Topliss-reactive ketones (excluding diaryl/α,β-unsaturated/α-hetero) is 1. The van der Waals surface area contributed by atoms with Crippen LogP contribution < -0.4 is 5.56 Å². The average molecular weight is 339 g/mol. The third-order valence-corrected chi connectivity index (χ3v) is 5.06. The van der Waals surface area contributed by atoms with Crippen LogP contribution >= 0.6 is 11.3 Å². The number of hydrogen-bond acceptors (Lipinski definition) is 4. The molecule has 0 atom stereocenters. The molecule has 3 rings (SSSR count). The molecule has 0 aliphatic carbocycles. The van der Waals surface area contributed by atoms with E-state index in [1.165, 1.54) is 28.2 Å². The summed E-state index contributed by atoms with van der Waals surface area (Å²) in [6.45, 7) is 1.88. The van der Waals surface area contributed by atoms with Gasteiger partial charge in [-0.15, -0.1) is 11.3 Å². The summed E-state index contributed by atoms with van der Waals surface area (Å²) >= 11 is 1.31. The smallest absolute Gasteiger partial charge is 0.259 e. The van der Waals surface area contributed by atoms with Crippen LogP contribution in [0.25, 0.3) is 5.00 Å². The molecule has 0 saturated carbocycles. The minimum atomic E-state index is -0.320. The van der Waals surface area contributed by atoms with E-state index >= 15 is 0 Å². The number of aromatic nitrogens is 1. The van der Waals surface area contributed by atoms with Gasteiger partial charge in [-0.05, 0) is 36.6 Å². The molecule has 1 N–H and O–H groups in total. The summed E-state index contributed by atoms with van der Waals surface area (Å²) in [4.78, 5) is 25.2. The van der Waals surface area contributed by atoms with E-state index in [4.69, 9.17) is 0 Å². The Morgan fingerprint density at radius 1 is 1.17 bits per heavy atom. The number of hydrogen-bond donors (Lipinski definition) is 1. The topological polar surface area (TPSA) is 59.3 Å². The Balaban J connectivity index is 1.81. The lowest BCUT2D eigenvalue weighted by Gasteiger charge is -2.02. The highest BCUT2D eigenvalue weighted by atomic mass is 32.1. The number of nitrogens with zero attached hydrogens (tertiary/aromatic N) is 1. The molecular formula is C19H17NO3S. The molecule has 2 aromatic heterocycles. The third kappa shape index (κ3) is 3.46. The Morgan fingerprint density at radius 3 is 2.62 bits per heavy atom. The molecule has 1 aromatic carbocycles. The lowest BCUT2D eigenvalue weighted by atomic mass is 10.1. The summed E-state index contributed by atoms with van der Waals surface area (Å²) in [6.07, 6.45) is 2.65. The number of ketones is 1. The van der Waals surface area contributed by atoms with Crippen LogP contribution in [0.5, 0.6) is 5.75 Å². The first kappa shape index (κ1) is 16.2. The van der Waals surface area contributed by atoms with Gasteiger partial charge in [-0.25, -0.2) is 0 Å². The minimum absolute atomic E-state index is 0.0660. The highest BCUT2D eigenvalue weighted by Crippen LogP contribution is 2.26. The van der Waals surface area contributed by atoms with Crippen molar-refractivity contribution in [3.05, 3.63) is 81.1 Å². The molecule has 2 heterocycles. The van der Waals surface area contributed by atoms with Crippen molar-refractivity contribution in [1.82, 2.24) is 4.57 Å². The van der Waals surface area contributed by atoms with Gasteiger partial charge in [0, 0.05) is 18.7 Å². The van der Waals surface area contributed by atoms with Gasteiger partial charge in [0.25, 0.3) is 5.56 Å². The Bertz CT molecular complexity index is 925. The van der Waals surface area contributed by atoms with E-state index in [0.29, 0.717) is 22.7 Å². The van der Waals surface area contributed by atoms with Crippen molar-refractivity contribution in [2.45, 2.75) is 19.8 Å². The first-order valence-corrected chi connectivity index (χ1v) is 8.46. The zero-order chi connectivity index (χ0) is 17.1. The molecule has 3 aromatic rings. The van der Waals surface area contributed by atoms with E-state index in [0.717, 1.165) is 17.2 Å². The van der Waals surface area contributed by atoms with Crippen molar-refractivity contribution in [3.63, 3.8) is 0 Å². The number of aryl methyl sites for hydroxylation is 2. The van der Waals surface area contributed by atoms with Gasteiger partial charge in [-0.1, -0.05) is 30.3 Å². The van der Waals surface area contributed by atoms with E-state index in [2.05, 4.69) is 0 Å². The molecule has 0 saturated heterocycles. The largest absolute Gasteiger partial charge is 0.508 e. The Labute approximate surface area is 143 Å². The van der Waals surface area contributed by atoms with Crippen LogP contribution in [0, 0.1) is 6.92 Å². The fourth-order valence-corrected chi connectivity index (χ4v) is 3.66. The predicted octanol–water partition coefficient (Wildman–Crippen LogP) is 3.73. The van der Waals surface area contributed by atoms with E-state index < -0.39 is 0 Å². The van der Waals surface area contributed by atoms with Crippen molar-refractivity contribution in [2.75, 3.05) is 0 Å². The summed E-state index contributed by atoms with van der Waals surface area (Å²) in [6, 6.07) is 14.3. The first-order valence-electron chi connectivity index (χ1n) is 7.64. The van der Waals surface area contributed by atoms with Crippen molar-refractivity contribution in [1.29, 1.82) is 0 Å². The third-order valence-electron chi connectivity index (χ3n) is 3.78. The fraction of sp³-hybridized carbons (Fsp3) is 0.158. The van der Waals surface area contributed by atoms with Gasteiger partial charge < -0.3 is 5.11 Å². The lowest BCUT2D eigenvalue weighted by Crippen LogP contribution is -2.14. The maximum Gasteiger partial charge on any atom is 0.259 e. The Hall–Kier alpha value is -2.66. The second-order valence-electron chi connectivity index (χ2n) is 5.60. The van der Waals surface area contributed by atoms with Crippen LogP contribution in [0.1, 0.15) is 27.2 Å². The van der Waals surface area contributed by atoms with E-state index in [1.807, 2.05) is 43.3 Å². The van der Waals surface area contributed by atoms with Gasteiger partial charge in [0.15, 0.2) is 5.78 Å². The van der Waals surface area contributed by atoms with E-state index in [-0.39, 0.29) is 17.1 Å². The summed E-state index contributed by atoms with van der Waals surface area (Å²) < 4.78 is 1.44. The van der Waals surface area contributed by atoms with Crippen LogP contribution in [-0.4, -0.2) is 15.5 Å². The minimum Gasteiger partial charge on any atom is -0.508 e. The molecule has 122 valence electrons. The second kappa shape index (κ2) is 6.84. The Kier molecular flexibility index (Phi) is 4.62. The molecule has 0 aliphatic rings. The zero-order valence-electron chi connectivity index (χ0n) is 13.2. The molecule has 0 bridgehead atoms. The molecule has 0 radical (unpaired) electrons. The predicted molar refractivity (Wildman–Crippen MR) is 95.4 cm³/mol. The summed E-state index contributed by atoms with van der Waals surface area (Å²) in [5, 5.41) is 10.0. The molecular weight excluding hydrogens is 322 g/mol. The SMILES string of the molecule is Cc1cc(-n2ccc(O)cc2=O)sc1C(=O)CCc1ccccc1. The highest BCUT2D eigenvalue weighted by molar-refractivity contribution is 7.16. The quantitative estimate of drug-likeness (QED) is 0.721. The van der Waals surface area contributed by atoms with Crippen LogP contribution in [-0.2, 0) is 6.42 Å². The summed E-state index contributed by atoms with van der Waals surface area (Å²) in [7, 11) is 0.